The van der Waals surface area contributed by atoms with E-state index in [0.29, 0.717) is 30.2 Å². The van der Waals surface area contributed by atoms with Gasteiger partial charge in [0.1, 0.15) is 11.3 Å². The van der Waals surface area contributed by atoms with Crippen molar-refractivity contribution in [2.75, 3.05) is 32.1 Å². The molecule has 0 spiro atoms. The number of carbonyl (C=O) groups excluding carboxylic acids is 1. The molecular formula is C26H26FN3OS. The average molecular weight is 448 g/mol. The molecule has 4 nitrogen and oxygen atoms in total. The first-order chi connectivity index (χ1) is 15.5. The predicted molar refractivity (Wildman–Crippen MR) is 130 cm³/mol. The Hall–Kier alpha value is -3.09. The molecule has 0 saturated carbocycles. The van der Waals surface area contributed by atoms with Gasteiger partial charge in [0.25, 0.3) is 0 Å². The monoisotopic (exact) mass is 447 g/mol. The highest BCUT2D eigenvalue weighted by atomic mass is 32.1. The van der Waals surface area contributed by atoms with E-state index in [2.05, 4.69) is 29.2 Å². The summed E-state index contributed by atoms with van der Waals surface area (Å²) >= 11 is 1.35. The maximum absolute atomic E-state index is 14.3. The standard InChI is InChI=1S/C26H26FN3OS/c1-29(2)16-17-30(26-28-25-22(27)14-9-15-23(25)32-26)24(31)18-21(19-10-5-3-6-11-19)20-12-7-4-8-13-20/h3-15,21H,16-18H2,1-2H3. The van der Waals surface area contributed by atoms with E-state index in [1.807, 2.05) is 61.5 Å². The van der Waals surface area contributed by atoms with Gasteiger partial charge >= 0.3 is 0 Å². The predicted octanol–water partition coefficient (Wildman–Crippen LogP) is 5.55. The van der Waals surface area contributed by atoms with Crippen LogP contribution in [0.1, 0.15) is 23.5 Å². The second-order valence-electron chi connectivity index (χ2n) is 8.01. The molecule has 0 saturated heterocycles. The van der Waals surface area contributed by atoms with Crippen LogP contribution in [-0.2, 0) is 4.79 Å². The van der Waals surface area contributed by atoms with Gasteiger partial charge in [0.2, 0.25) is 5.91 Å². The lowest BCUT2D eigenvalue weighted by Gasteiger charge is -2.25. The number of fused-ring (bicyclic) bond motifs is 1. The maximum Gasteiger partial charge on any atom is 0.229 e. The minimum absolute atomic E-state index is 0.0241. The number of anilines is 1. The van der Waals surface area contributed by atoms with Crippen molar-refractivity contribution in [1.29, 1.82) is 0 Å². The Kier molecular flexibility index (Phi) is 6.93. The second-order valence-corrected chi connectivity index (χ2v) is 9.02. The number of likely N-dealkylation sites (N-methyl/N-ethyl adjacent to an activating group) is 1. The number of para-hydroxylation sites is 1. The van der Waals surface area contributed by atoms with Gasteiger partial charge in [-0.2, -0.15) is 0 Å². The molecule has 164 valence electrons. The topological polar surface area (TPSA) is 36.4 Å². The summed E-state index contributed by atoms with van der Waals surface area (Å²) in [5.41, 5.74) is 2.50. The van der Waals surface area contributed by atoms with Crippen molar-refractivity contribution in [3.05, 3.63) is 95.8 Å². The zero-order chi connectivity index (χ0) is 22.5. The molecule has 4 rings (SSSR count). The first kappa shape index (κ1) is 22.1. The normalized spacial score (nSPS) is 11.4. The third-order valence-corrected chi connectivity index (χ3v) is 6.49. The van der Waals surface area contributed by atoms with Crippen molar-refractivity contribution >= 4 is 32.6 Å². The van der Waals surface area contributed by atoms with Gasteiger partial charge in [0.15, 0.2) is 5.13 Å². The molecule has 0 aliphatic carbocycles. The third kappa shape index (κ3) is 5.03. The fraction of sp³-hybridized carbons (Fsp3) is 0.231. The number of aromatic nitrogens is 1. The Labute approximate surface area is 191 Å². The van der Waals surface area contributed by atoms with Crippen molar-refractivity contribution in [3.8, 4) is 0 Å². The number of benzene rings is 3. The highest BCUT2D eigenvalue weighted by molar-refractivity contribution is 7.22. The van der Waals surface area contributed by atoms with Gasteiger partial charge in [0.05, 0.1) is 4.70 Å². The van der Waals surface area contributed by atoms with Crippen molar-refractivity contribution in [2.45, 2.75) is 12.3 Å². The van der Waals surface area contributed by atoms with E-state index in [4.69, 9.17) is 0 Å². The Bertz CT molecular complexity index is 1140. The molecule has 0 bridgehead atoms. The number of thiazole rings is 1. The molecule has 1 aromatic heterocycles. The first-order valence-electron chi connectivity index (χ1n) is 10.6. The maximum atomic E-state index is 14.3. The molecule has 1 heterocycles. The Morgan fingerprint density at radius 2 is 1.53 bits per heavy atom. The van der Waals surface area contributed by atoms with E-state index < -0.39 is 0 Å². The number of hydrogen-bond donors (Lipinski definition) is 0. The summed E-state index contributed by atoms with van der Waals surface area (Å²) in [6.45, 7) is 1.18. The molecule has 0 aliphatic heterocycles. The van der Waals surface area contributed by atoms with Crippen LogP contribution in [0.4, 0.5) is 9.52 Å². The van der Waals surface area contributed by atoms with Crippen LogP contribution in [0.15, 0.2) is 78.9 Å². The quantitative estimate of drug-likeness (QED) is 0.355. The number of amides is 1. The lowest BCUT2D eigenvalue weighted by atomic mass is 9.88. The molecule has 0 atom stereocenters. The fourth-order valence-electron chi connectivity index (χ4n) is 3.73. The van der Waals surface area contributed by atoms with E-state index >= 15 is 0 Å². The van der Waals surface area contributed by atoms with E-state index in [0.717, 1.165) is 15.8 Å². The van der Waals surface area contributed by atoms with Crippen molar-refractivity contribution in [1.82, 2.24) is 9.88 Å². The van der Waals surface area contributed by atoms with Crippen molar-refractivity contribution < 1.29 is 9.18 Å². The van der Waals surface area contributed by atoms with E-state index in [9.17, 15) is 9.18 Å². The smallest absolute Gasteiger partial charge is 0.229 e. The van der Waals surface area contributed by atoms with Gasteiger partial charge in [-0.15, -0.1) is 0 Å². The molecule has 0 fully saturated rings. The summed E-state index contributed by atoms with van der Waals surface area (Å²) in [7, 11) is 3.94. The van der Waals surface area contributed by atoms with Crippen molar-refractivity contribution in [2.24, 2.45) is 0 Å². The van der Waals surface area contributed by atoms with Gasteiger partial charge in [-0.1, -0.05) is 78.1 Å². The van der Waals surface area contributed by atoms with Crippen LogP contribution in [0.3, 0.4) is 0 Å². The van der Waals surface area contributed by atoms with Crippen LogP contribution < -0.4 is 4.90 Å². The second kappa shape index (κ2) is 10.0. The third-order valence-electron chi connectivity index (χ3n) is 5.44. The number of carbonyl (C=O) groups is 1. The van der Waals surface area contributed by atoms with E-state index in [1.165, 1.54) is 17.4 Å². The summed E-state index contributed by atoms with van der Waals surface area (Å²) < 4.78 is 15.0. The highest BCUT2D eigenvalue weighted by Crippen LogP contribution is 2.33. The van der Waals surface area contributed by atoms with Crippen LogP contribution in [0.5, 0.6) is 0 Å². The zero-order valence-electron chi connectivity index (χ0n) is 18.2. The highest BCUT2D eigenvalue weighted by Gasteiger charge is 2.25. The molecule has 0 radical (unpaired) electrons. The molecule has 3 aromatic carbocycles. The summed E-state index contributed by atoms with van der Waals surface area (Å²) in [5.74, 6) is -0.460. The van der Waals surface area contributed by atoms with Crippen LogP contribution in [-0.4, -0.2) is 43.0 Å². The Morgan fingerprint density at radius 3 is 2.09 bits per heavy atom. The van der Waals surface area contributed by atoms with Gasteiger partial charge in [0, 0.05) is 25.4 Å². The average Bonchev–Trinajstić information content (AvgIpc) is 3.24. The number of rotatable bonds is 8. The van der Waals surface area contributed by atoms with Crippen molar-refractivity contribution in [3.63, 3.8) is 0 Å². The summed E-state index contributed by atoms with van der Waals surface area (Å²) in [4.78, 5) is 21.9. The SMILES string of the molecule is CN(C)CCN(C(=O)CC(c1ccccc1)c1ccccc1)c1nc2c(F)cccc2s1. The fourth-order valence-corrected chi connectivity index (χ4v) is 4.75. The first-order valence-corrected chi connectivity index (χ1v) is 11.4. The van der Waals surface area contributed by atoms with Gasteiger partial charge in [-0.25, -0.2) is 9.37 Å². The molecule has 6 heteroatoms. The van der Waals surface area contributed by atoms with Crippen LogP contribution >= 0.6 is 11.3 Å². The summed E-state index contributed by atoms with van der Waals surface area (Å²) in [6, 6.07) is 25.1. The lowest BCUT2D eigenvalue weighted by Crippen LogP contribution is -2.37. The molecule has 32 heavy (non-hydrogen) atoms. The number of nitrogens with zero attached hydrogens (tertiary/aromatic N) is 3. The molecule has 0 aliphatic rings. The van der Waals surface area contributed by atoms with Crippen LogP contribution in [0.2, 0.25) is 0 Å². The zero-order valence-corrected chi connectivity index (χ0v) is 19.1. The molecule has 0 unspecified atom stereocenters. The number of hydrogen-bond acceptors (Lipinski definition) is 4. The Balaban J connectivity index is 1.68. The minimum atomic E-state index is -0.364. The summed E-state index contributed by atoms with van der Waals surface area (Å²) in [5, 5.41) is 0.539. The minimum Gasteiger partial charge on any atom is -0.308 e. The largest absolute Gasteiger partial charge is 0.308 e. The Morgan fingerprint density at radius 1 is 0.906 bits per heavy atom. The van der Waals surface area contributed by atoms with Gasteiger partial charge < -0.3 is 4.90 Å². The molecular weight excluding hydrogens is 421 g/mol. The van der Waals surface area contributed by atoms with Gasteiger partial charge in [-0.3, -0.25) is 9.69 Å². The molecule has 0 N–H and O–H groups in total. The van der Waals surface area contributed by atoms with Crippen LogP contribution in [0.25, 0.3) is 10.2 Å². The van der Waals surface area contributed by atoms with E-state index in [-0.39, 0.29) is 17.6 Å². The summed E-state index contributed by atoms with van der Waals surface area (Å²) in [6.07, 6.45) is 0.305. The number of halogens is 1. The lowest BCUT2D eigenvalue weighted by molar-refractivity contribution is -0.118. The molecule has 4 aromatic rings. The molecule has 1 amide bonds. The van der Waals surface area contributed by atoms with E-state index in [1.54, 1.807) is 11.0 Å². The van der Waals surface area contributed by atoms with Gasteiger partial charge in [-0.05, 0) is 37.4 Å². The van der Waals surface area contributed by atoms with Crippen LogP contribution in [0, 0.1) is 5.82 Å².